The topological polar surface area (TPSA) is 30.5 Å². The third-order valence-corrected chi connectivity index (χ3v) is 4.46. The van der Waals surface area contributed by atoms with Crippen molar-refractivity contribution in [2.75, 3.05) is 26.4 Å². The minimum Gasteiger partial charge on any atom is -0.376 e. The van der Waals surface area contributed by atoms with E-state index < -0.39 is 0 Å². The van der Waals surface area contributed by atoms with E-state index in [1.54, 1.807) is 11.3 Å². The van der Waals surface area contributed by atoms with Crippen molar-refractivity contribution in [2.24, 2.45) is 0 Å². The molecule has 2 atom stereocenters. The Labute approximate surface area is 117 Å². The first-order valence-corrected chi connectivity index (χ1v) is 7.67. The van der Waals surface area contributed by atoms with E-state index in [2.05, 4.69) is 41.9 Å². The largest absolute Gasteiger partial charge is 0.376 e. The SMILES string of the molecule is CCNC(c1cccc2ccsc12)C1COCCO1. The highest BCUT2D eigenvalue weighted by molar-refractivity contribution is 7.17. The number of hydrogen-bond acceptors (Lipinski definition) is 4. The number of thiophene rings is 1. The van der Waals surface area contributed by atoms with Crippen molar-refractivity contribution in [3.63, 3.8) is 0 Å². The van der Waals surface area contributed by atoms with Gasteiger partial charge >= 0.3 is 0 Å². The molecule has 0 amide bonds. The molecule has 0 aliphatic carbocycles. The fourth-order valence-corrected chi connectivity index (χ4v) is 3.58. The number of rotatable bonds is 4. The quantitative estimate of drug-likeness (QED) is 0.932. The zero-order valence-electron chi connectivity index (χ0n) is 11.1. The molecule has 4 heteroatoms. The second-order valence-electron chi connectivity index (χ2n) is 4.71. The monoisotopic (exact) mass is 277 g/mol. The van der Waals surface area contributed by atoms with E-state index in [1.807, 2.05) is 0 Å². The highest BCUT2D eigenvalue weighted by Crippen LogP contribution is 2.32. The predicted molar refractivity (Wildman–Crippen MR) is 78.8 cm³/mol. The lowest BCUT2D eigenvalue weighted by Gasteiger charge is -2.31. The van der Waals surface area contributed by atoms with E-state index in [9.17, 15) is 0 Å². The molecule has 0 saturated carbocycles. The lowest BCUT2D eigenvalue weighted by Crippen LogP contribution is -2.40. The van der Waals surface area contributed by atoms with Crippen LogP contribution in [0.15, 0.2) is 29.6 Å². The smallest absolute Gasteiger partial charge is 0.100 e. The van der Waals surface area contributed by atoms with Gasteiger partial charge in [-0.1, -0.05) is 25.1 Å². The Kier molecular flexibility index (Phi) is 4.13. The minimum atomic E-state index is 0.0985. The van der Waals surface area contributed by atoms with Crippen LogP contribution in [0.25, 0.3) is 10.1 Å². The molecule has 1 aliphatic heterocycles. The summed E-state index contributed by atoms with van der Waals surface area (Å²) in [5.74, 6) is 0. The summed E-state index contributed by atoms with van der Waals surface area (Å²) in [6, 6.07) is 8.86. The Balaban J connectivity index is 1.96. The van der Waals surface area contributed by atoms with Gasteiger partial charge < -0.3 is 14.8 Å². The summed E-state index contributed by atoms with van der Waals surface area (Å²) < 4.78 is 12.8. The Morgan fingerprint density at radius 2 is 2.32 bits per heavy atom. The van der Waals surface area contributed by atoms with E-state index in [1.165, 1.54) is 15.6 Å². The van der Waals surface area contributed by atoms with Gasteiger partial charge in [0.1, 0.15) is 6.10 Å². The third kappa shape index (κ3) is 2.67. The number of nitrogens with one attached hydrogen (secondary N) is 1. The predicted octanol–water partition coefficient (Wildman–Crippen LogP) is 2.97. The van der Waals surface area contributed by atoms with Gasteiger partial charge in [-0.25, -0.2) is 0 Å². The number of likely N-dealkylation sites (N-methyl/N-ethyl adjacent to an activating group) is 1. The molecule has 19 heavy (non-hydrogen) atoms. The molecule has 2 heterocycles. The summed E-state index contributed by atoms with van der Waals surface area (Å²) >= 11 is 1.80. The van der Waals surface area contributed by atoms with Crippen LogP contribution in [-0.2, 0) is 9.47 Å². The molecule has 2 unspecified atom stereocenters. The van der Waals surface area contributed by atoms with Gasteiger partial charge in [-0.2, -0.15) is 0 Å². The molecule has 3 rings (SSSR count). The number of ether oxygens (including phenoxy) is 2. The first kappa shape index (κ1) is 13.1. The summed E-state index contributed by atoms with van der Waals surface area (Å²) in [6.45, 7) is 5.11. The molecule has 1 aliphatic rings. The molecule has 0 radical (unpaired) electrons. The van der Waals surface area contributed by atoms with E-state index in [-0.39, 0.29) is 12.1 Å². The van der Waals surface area contributed by atoms with Gasteiger partial charge in [0.25, 0.3) is 0 Å². The molecular formula is C15H19NO2S. The first-order chi connectivity index (χ1) is 9.40. The Morgan fingerprint density at radius 3 is 3.11 bits per heavy atom. The molecular weight excluding hydrogens is 258 g/mol. The summed E-state index contributed by atoms with van der Waals surface area (Å²) in [6.07, 6.45) is 0.0985. The van der Waals surface area contributed by atoms with E-state index in [4.69, 9.17) is 9.47 Å². The fraction of sp³-hybridized carbons (Fsp3) is 0.467. The summed E-state index contributed by atoms with van der Waals surface area (Å²) in [4.78, 5) is 0. The van der Waals surface area contributed by atoms with Crippen LogP contribution >= 0.6 is 11.3 Å². The standard InChI is InChI=1S/C15H19NO2S/c1-2-16-14(13-10-17-7-8-18-13)12-5-3-4-11-6-9-19-15(11)12/h3-6,9,13-14,16H,2,7-8,10H2,1H3. The molecule has 1 aromatic carbocycles. The highest BCUT2D eigenvalue weighted by atomic mass is 32.1. The first-order valence-electron chi connectivity index (χ1n) is 6.79. The van der Waals surface area contributed by atoms with Crippen LogP contribution in [0.3, 0.4) is 0 Å². The Morgan fingerprint density at radius 1 is 1.37 bits per heavy atom. The summed E-state index contributed by atoms with van der Waals surface area (Å²) in [5, 5.41) is 7.01. The maximum Gasteiger partial charge on any atom is 0.100 e. The van der Waals surface area contributed by atoms with Crippen LogP contribution in [0.1, 0.15) is 18.5 Å². The van der Waals surface area contributed by atoms with Gasteiger partial charge in [0.2, 0.25) is 0 Å². The average molecular weight is 277 g/mol. The molecule has 0 bridgehead atoms. The molecule has 3 nitrogen and oxygen atoms in total. The zero-order chi connectivity index (χ0) is 13.1. The average Bonchev–Trinajstić information content (AvgIpc) is 2.94. The lowest BCUT2D eigenvalue weighted by atomic mass is 10.00. The van der Waals surface area contributed by atoms with Crippen molar-refractivity contribution < 1.29 is 9.47 Å². The molecule has 1 fully saturated rings. The molecule has 1 aromatic heterocycles. The van der Waals surface area contributed by atoms with Gasteiger partial charge in [0, 0.05) is 4.70 Å². The van der Waals surface area contributed by atoms with Crippen LogP contribution in [-0.4, -0.2) is 32.5 Å². The van der Waals surface area contributed by atoms with Gasteiger partial charge in [0.15, 0.2) is 0 Å². The second-order valence-corrected chi connectivity index (χ2v) is 5.62. The van der Waals surface area contributed by atoms with Gasteiger partial charge in [0.05, 0.1) is 25.9 Å². The minimum absolute atomic E-state index is 0.0985. The summed E-state index contributed by atoms with van der Waals surface area (Å²) in [5.41, 5.74) is 1.32. The molecule has 1 N–H and O–H groups in total. The van der Waals surface area contributed by atoms with Crippen molar-refractivity contribution in [1.82, 2.24) is 5.32 Å². The highest BCUT2D eigenvalue weighted by Gasteiger charge is 2.27. The fourth-order valence-electron chi connectivity index (χ4n) is 2.62. The zero-order valence-corrected chi connectivity index (χ0v) is 11.9. The van der Waals surface area contributed by atoms with Crippen molar-refractivity contribution >= 4 is 21.4 Å². The van der Waals surface area contributed by atoms with Gasteiger partial charge in [-0.3, -0.25) is 0 Å². The molecule has 0 spiro atoms. The van der Waals surface area contributed by atoms with E-state index in [0.29, 0.717) is 19.8 Å². The maximum atomic E-state index is 5.89. The number of benzene rings is 1. The van der Waals surface area contributed by atoms with Gasteiger partial charge in [-0.15, -0.1) is 11.3 Å². The van der Waals surface area contributed by atoms with E-state index in [0.717, 1.165) is 6.54 Å². The Hall–Kier alpha value is -0.940. The van der Waals surface area contributed by atoms with Crippen LogP contribution in [0.4, 0.5) is 0 Å². The third-order valence-electron chi connectivity index (χ3n) is 3.48. The maximum absolute atomic E-state index is 5.89. The number of fused-ring (bicyclic) bond motifs is 1. The van der Waals surface area contributed by atoms with Crippen LogP contribution in [0, 0.1) is 0 Å². The van der Waals surface area contributed by atoms with Crippen LogP contribution in [0.2, 0.25) is 0 Å². The van der Waals surface area contributed by atoms with Crippen molar-refractivity contribution in [1.29, 1.82) is 0 Å². The summed E-state index contributed by atoms with van der Waals surface area (Å²) in [7, 11) is 0. The second kappa shape index (κ2) is 6.01. The van der Waals surface area contributed by atoms with E-state index >= 15 is 0 Å². The lowest BCUT2D eigenvalue weighted by molar-refractivity contribution is -0.102. The normalized spacial score (nSPS) is 21.6. The van der Waals surface area contributed by atoms with Crippen LogP contribution in [0.5, 0.6) is 0 Å². The van der Waals surface area contributed by atoms with Crippen molar-refractivity contribution in [3.8, 4) is 0 Å². The van der Waals surface area contributed by atoms with Crippen molar-refractivity contribution in [3.05, 3.63) is 35.2 Å². The molecule has 102 valence electrons. The van der Waals surface area contributed by atoms with Crippen molar-refractivity contribution in [2.45, 2.75) is 19.1 Å². The molecule has 1 saturated heterocycles. The van der Waals surface area contributed by atoms with Crippen LogP contribution < -0.4 is 5.32 Å². The number of hydrogen-bond donors (Lipinski definition) is 1. The van der Waals surface area contributed by atoms with Gasteiger partial charge in [-0.05, 0) is 28.9 Å². The molecule has 2 aromatic rings. The Bertz CT molecular complexity index is 534.